The summed E-state index contributed by atoms with van der Waals surface area (Å²) in [4.78, 5) is 26.3. The third-order valence-electron chi connectivity index (χ3n) is 2.06. The van der Waals surface area contributed by atoms with Crippen LogP contribution < -0.4 is 10.6 Å². The number of hydrogen-bond acceptors (Lipinski definition) is 4. The van der Waals surface area contributed by atoms with Crippen molar-refractivity contribution in [2.75, 3.05) is 12.4 Å². The molecule has 1 aliphatic rings. The molecular weight excluding hydrogens is 186 g/mol. The summed E-state index contributed by atoms with van der Waals surface area (Å²) in [7, 11) is 1.53. The van der Waals surface area contributed by atoms with Crippen molar-refractivity contribution in [1.29, 1.82) is 0 Å². The second-order valence-corrected chi connectivity index (χ2v) is 2.91. The van der Waals surface area contributed by atoms with E-state index in [1.807, 2.05) is 0 Å². The Labute approximate surface area is 79.5 Å². The van der Waals surface area contributed by atoms with Crippen LogP contribution in [0.25, 0.3) is 0 Å². The van der Waals surface area contributed by atoms with E-state index in [1.54, 1.807) is 0 Å². The van der Waals surface area contributed by atoms with E-state index in [4.69, 9.17) is 0 Å². The Morgan fingerprint density at radius 2 is 2.57 bits per heavy atom. The Balaban J connectivity index is 2.20. The maximum Gasteiger partial charge on any atom is 0.252 e. The maximum absolute atomic E-state index is 11.4. The van der Waals surface area contributed by atoms with Crippen molar-refractivity contribution in [3.05, 3.63) is 6.33 Å². The normalized spacial score (nSPS) is 18.9. The molecule has 0 aromatic carbocycles. The molecule has 0 fully saturated rings. The number of carbonyl (C=O) groups excluding carboxylic acids is 2. The molecule has 2 amide bonds. The van der Waals surface area contributed by atoms with Gasteiger partial charge in [-0.1, -0.05) is 0 Å². The average molecular weight is 195 g/mol. The highest BCUT2D eigenvalue weighted by molar-refractivity contribution is 5.98. The number of carbonyl (C=O) groups is 2. The predicted molar refractivity (Wildman–Crippen MR) is 46.4 cm³/mol. The van der Waals surface area contributed by atoms with Crippen molar-refractivity contribution in [3.63, 3.8) is 0 Å². The minimum Gasteiger partial charge on any atom is -0.359 e. The summed E-state index contributed by atoms with van der Waals surface area (Å²) in [5.41, 5.74) is 0. The van der Waals surface area contributed by atoms with Crippen LogP contribution in [-0.4, -0.2) is 33.6 Å². The molecule has 7 nitrogen and oxygen atoms in total. The van der Waals surface area contributed by atoms with Crippen LogP contribution in [0.2, 0.25) is 0 Å². The highest BCUT2D eigenvalue weighted by Gasteiger charge is 2.33. The SMILES string of the molecule is CNC(=O)CC1C(=O)Nc2ncnn21. The number of nitrogens with one attached hydrogen (secondary N) is 2. The first-order valence-electron chi connectivity index (χ1n) is 4.13. The van der Waals surface area contributed by atoms with E-state index in [9.17, 15) is 9.59 Å². The van der Waals surface area contributed by atoms with E-state index in [-0.39, 0.29) is 18.2 Å². The lowest BCUT2D eigenvalue weighted by atomic mass is 10.2. The van der Waals surface area contributed by atoms with Gasteiger partial charge >= 0.3 is 0 Å². The molecule has 0 saturated heterocycles. The molecule has 1 aromatic heterocycles. The van der Waals surface area contributed by atoms with Crippen LogP contribution in [0.3, 0.4) is 0 Å². The fraction of sp³-hybridized carbons (Fsp3) is 0.429. The second-order valence-electron chi connectivity index (χ2n) is 2.91. The summed E-state index contributed by atoms with van der Waals surface area (Å²) < 4.78 is 1.41. The van der Waals surface area contributed by atoms with E-state index < -0.39 is 6.04 Å². The van der Waals surface area contributed by atoms with E-state index in [1.165, 1.54) is 18.1 Å². The van der Waals surface area contributed by atoms with E-state index in [0.29, 0.717) is 5.95 Å². The van der Waals surface area contributed by atoms with Crippen molar-refractivity contribution in [3.8, 4) is 0 Å². The first-order chi connectivity index (χ1) is 6.72. The lowest BCUT2D eigenvalue weighted by Crippen LogP contribution is -2.26. The van der Waals surface area contributed by atoms with Crippen molar-refractivity contribution in [2.24, 2.45) is 0 Å². The Morgan fingerprint density at radius 3 is 3.29 bits per heavy atom. The van der Waals surface area contributed by atoms with Gasteiger partial charge in [0.25, 0.3) is 5.91 Å². The summed E-state index contributed by atoms with van der Waals surface area (Å²) >= 11 is 0. The number of nitrogens with zero attached hydrogens (tertiary/aromatic N) is 3. The molecule has 1 atom stereocenters. The fourth-order valence-corrected chi connectivity index (χ4v) is 1.33. The van der Waals surface area contributed by atoms with Gasteiger partial charge in [0.05, 0.1) is 6.42 Å². The van der Waals surface area contributed by atoms with Crippen molar-refractivity contribution >= 4 is 17.8 Å². The quantitative estimate of drug-likeness (QED) is 0.627. The monoisotopic (exact) mass is 195 g/mol. The molecule has 14 heavy (non-hydrogen) atoms. The van der Waals surface area contributed by atoms with Gasteiger partial charge in [0.1, 0.15) is 12.4 Å². The second kappa shape index (κ2) is 3.09. The number of amides is 2. The average Bonchev–Trinajstić information content (AvgIpc) is 2.70. The lowest BCUT2D eigenvalue weighted by molar-refractivity contribution is -0.126. The molecule has 2 heterocycles. The molecule has 1 aliphatic heterocycles. The van der Waals surface area contributed by atoms with Crippen molar-refractivity contribution in [1.82, 2.24) is 20.1 Å². The van der Waals surface area contributed by atoms with Gasteiger partial charge < -0.3 is 5.32 Å². The molecule has 74 valence electrons. The summed E-state index contributed by atoms with van der Waals surface area (Å²) in [6.45, 7) is 0. The topological polar surface area (TPSA) is 88.9 Å². The van der Waals surface area contributed by atoms with Crippen LogP contribution in [0.4, 0.5) is 5.95 Å². The third-order valence-corrected chi connectivity index (χ3v) is 2.06. The molecule has 2 N–H and O–H groups in total. The first-order valence-corrected chi connectivity index (χ1v) is 4.13. The molecule has 0 spiro atoms. The molecule has 2 rings (SSSR count). The maximum atomic E-state index is 11.4. The number of hydrogen-bond donors (Lipinski definition) is 2. The van der Waals surface area contributed by atoms with Crippen LogP contribution >= 0.6 is 0 Å². The summed E-state index contributed by atoms with van der Waals surface area (Å²) in [5, 5.41) is 8.84. The number of anilines is 1. The Morgan fingerprint density at radius 1 is 1.79 bits per heavy atom. The van der Waals surface area contributed by atoms with Gasteiger partial charge in [-0.25, -0.2) is 4.68 Å². The zero-order valence-electron chi connectivity index (χ0n) is 7.52. The van der Waals surface area contributed by atoms with Crippen molar-refractivity contribution < 1.29 is 9.59 Å². The van der Waals surface area contributed by atoms with Gasteiger partial charge in [-0.15, -0.1) is 0 Å². The summed E-state index contributed by atoms with van der Waals surface area (Å²) in [6, 6.07) is -0.576. The molecule has 1 unspecified atom stereocenters. The van der Waals surface area contributed by atoms with Crippen LogP contribution in [0, 0.1) is 0 Å². The van der Waals surface area contributed by atoms with Crippen molar-refractivity contribution in [2.45, 2.75) is 12.5 Å². The number of fused-ring (bicyclic) bond motifs is 1. The Kier molecular flexibility index (Phi) is 1.91. The highest BCUT2D eigenvalue weighted by atomic mass is 16.2. The standard InChI is InChI=1S/C7H9N5O2/c1-8-5(13)2-4-6(14)11-7-9-3-10-12(4)7/h3-4H,2H2,1H3,(H,8,13)(H,9,10,11,14). The van der Waals surface area contributed by atoms with Gasteiger partial charge in [-0.05, 0) is 0 Å². The minimum absolute atomic E-state index is 0.0820. The smallest absolute Gasteiger partial charge is 0.252 e. The molecule has 0 aliphatic carbocycles. The molecular formula is C7H9N5O2. The zero-order chi connectivity index (χ0) is 10.1. The van der Waals surface area contributed by atoms with Crippen LogP contribution in [0.5, 0.6) is 0 Å². The highest BCUT2D eigenvalue weighted by Crippen LogP contribution is 2.23. The minimum atomic E-state index is -0.576. The predicted octanol–water partition coefficient (Wildman–Crippen LogP) is -1.09. The van der Waals surface area contributed by atoms with E-state index >= 15 is 0 Å². The van der Waals surface area contributed by atoms with E-state index in [0.717, 1.165) is 0 Å². The van der Waals surface area contributed by atoms with Gasteiger partial charge in [0, 0.05) is 7.05 Å². The largest absolute Gasteiger partial charge is 0.359 e. The van der Waals surface area contributed by atoms with Gasteiger partial charge in [0.15, 0.2) is 0 Å². The molecule has 7 heteroatoms. The van der Waals surface area contributed by atoms with Gasteiger partial charge in [-0.2, -0.15) is 10.1 Å². The Bertz CT molecular complexity index is 385. The van der Waals surface area contributed by atoms with Gasteiger partial charge in [-0.3, -0.25) is 14.9 Å². The molecule has 1 aromatic rings. The first kappa shape index (κ1) is 8.67. The van der Waals surface area contributed by atoms with Crippen LogP contribution in [0.1, 0.15) is 12.5 Å². The molecule has 0 bridgehead atoms. The summed E-state index contributed by atoms with van der Waals surface area (Å²) in [6.07, 6.45) is 1.42. The molecule has 0 radical (unpaired) electrons. The lowest BCUT2D eigenvalue weighted by Gasteiger charge is -2.06. The Hall–Kier alpha value is -1.92. The molecule has 0 saturated carbocycles. The fourth-order valence-electron chi connectivity index (χ4n) is 1.33. The van der Waals surface area contributed by atoms with E-state index in [2.05, 4.69) is 20.7 Å². The van der Waals surface area contributed by atoms with Gasteiger partial charge in [0.2, 0.25) is 11.9 Å². The number of rotatable bonds is 2. The number of aromatic nitrogens is 3. The summed E-state index contributed by atoms with van der Waals surface area (Å²) in [5.74, 6) is -0.0541. The zero-order valence-corrected chi connectivity index (χ0v) is 7.52. The van der Waals surface area contributed by atoms with Crippen LogP contribution in [0.15, 0.2) is 6.33 Å². The van der Waals surface area contributed by atoms with Crippen LogP contribution in [-0.2, 0) is 9.59 Å². The third kappa shape index (κ3) is 1.22.